The Hall–Kier alpha value is 1.33. The third-order valence-electron chi connectivity index (χ3n) is 0. The molecule has 0 spiro atoms. The standard InChI is InChI=1S/2ClH.3H3N.Na.H2O4S/c;;;;;;1-5(2,3)4/h2*1H;3*1H3;;(H2,1,2,3,4)/q;;;;;+1;/p-1. The van der Waals surface area contributed by atoms with Gasteiger partial charge in [0.1, 0.15) is 0 Å². The minimum Gasteiger partial charge on any atom is -0.726 e. The Morgan fingerprint density at radius 3 is 1.00 bits per heavy atom. The number of rotatable bonds is 0. The second kappa shape index (κ2) is 22.5. The first-order valence-electron chi connectivity index (χ1n) is 0.683. The zero-order chi connectivity index (χ0) is 4.50. The van der Waals surface area contributed by atoms with Crippen LogP contribution in [-0.2, 0) is 10.4 Å². The fraction of sp³-hybridized carbons (Fsp3) is 0. The van der Waals surface area contributed by atoms with E-state index in [0.717, 1.165) is 0 Å². The van der Waals surface area contributed by atoms with Gasteiger partial charge in [-0.05, 0) is 0 Å². The molecule has 0 radical (unpaired) electrons. The van der Waals surface area contributed by atoms with Crippen molar-refractivity contribution < 1.29 is 47.1 Å². The zero-order valence-electron chi connectivity index (χ0n) is 6.02. The summed E-state index contributed by atoms with van der Waals surface area (Å²) in [5.41, 5.74) is 0. The van der Waals surface area contributed by atoms with Crippen LogP contribution in [0.3, 0.4) is 0 Å². The summed E-state index contributed by atoms with van der Waals surface area (Å²) < 4.78 is 32.8. The summed E-state index contributed by atoms with van der Waals surface area (Å²) >= 11 is 0. The Morgan fingerprint density at radius 2 is 1.00 bits per heavy atom. The first kappa shape index (κ1) is 55.7. The summed E-state index contributed by atoms with van der Waals surface area (Å²) in [6.07, 6.45) is 0. The van der Waals surface area contributed by atoms with Crippen LogP contribution in [-0.4, -0.2) is 17.5 Å². The van der Waals surface area contributed by atoms with E-state index in [1.54, 1.807) is 0 Å². The maximum Gasteiger partial charge on any atom is 1.00 e. The minimum absolute atomic E-state index is 0. The molecule has 0 saturated heterocycles. The minimum atomic E-state index is -4.92. The predicted octanol–water partition coefficient (Wildman–Crippen LogP) is -2.66. The molecule has 0 aromatic rings. The van der Waals surface area contributed by atoms with Crippen molar-refractivity contribution in [2.75, 3.05) is 0 Å². The van der Waals surface area contributed by atoms with E-state index in [4.69, 9.17) is 17.5 Å². The van der Waals surface area contributed by atoms with Gasteiger partial charge in [0.15, 0.2) is 0 Å². The molecule has 0 heterocycles. The summed E-state index contributed by atoms with van der Waals surface area (Å²) in [5.74, 6) is 0. The SMILES string of the molecule is Cl.Cl.N.N.N.O=S(=O)([O-])O.[Na+]. The topological polar surface area (TPSA) is 182 Å². The summed E-state index contributed by atoms with van der Waals surface area (Å²) in [5, 5.41) is 0. The molecule has 0 aliphatic carbocycles. The van der Waals surface area contributed by atoms with Crippen LogP contribution in [0.5, 0.6) is 0 Å². The van der Waals surface area contributed by atoms with E-state index in [9.17, 15) is 0 Å². The van der Waals surface area contributed by atoms with Crippen LogP contribution in [0, 0.1) is 0 Å². The van der Waals surface area contributed by atoms with Crippen LogP contribution >= 0.6 is 24.8 Å². The molecule has 0 amide bonds. The predicted molar refractivity (Wildman–Crippen MR) is 41.9 cm³/mol. The van der Waals surface area contributed by atoms with E-state index >= 15 is 0 Å². The van der Waals surface area contributed by atoms with Crippen molar-refractivity contribution in [2.45, 2.75) is 0 Å². The van der Waals surface area contributed by atoms with Gasteiger partial charge in [-0.3, -0.25) is 4.55 Å². The molecular weight excluding hydrogens is 232 g/mol. The van der Waals surface area contributed by atoms with Gasteiger partial charge in [0.25, 0.3) is 0 Å². The van der Waals surface area contributed by atoms with Crippen molar-refractivity contribution in [3.63, 3.8) is 0 Å². The molecule has 11 heteroatoms. The largest absolute Gasteiger partial charge is 1.00 e. The van der Waals surface area contributed by atoms with Crippen LogP contribution in [0.25, 0.3) is 0 Å². The Morgan fingerprint density at radius 1 is 1.00 bits per heavy atom. The molecule has 7 nitrogen and oxygen atoms in total. The molecule has 0 bridgehead atoms. The van der Waals surface area contributed by atoms with Crippen molar-refractivity contribution in [2.24, 2.45) is 0 Å². The average Bonchev–Trinajstić information content (AvgIpc) is 0.722. The molecule has 10 N–H and O–H groups in total. The Bertz CT molecular complexity index is 107. The van der Waals surface area contributed by atoms with Gasteiger partial charge in [-0.1, -0.05) is 0 Å². The van der Waals surface area contributed by atoms with E-state index in [-0.39, 0.29) is 72.8 Å². The summed E-state index contributed by atoms with van der Waals surface area (Å²) in [7, 11) is -4.92. The Balaban J connectivity index is -0.00000000533. The Labute approximate surface area is 100 Å². The summed E-state index contributed by atoms with van der Waals surface area (Å²) in [6.45, 7) is 0. The molecule has 0 aromatic heterocycles. The zero-order valence-corrected chi connectivity index (χ0v) is 10.5. The Kier molecular flexibility index (Phi) is 114. The first-order chi connectivity index (χ1) is 2.00. The van der Waals surface area contributed by atoms with Crippen LogP contribution < -0.4 is 48.0 Å². The second-order valence-electron chi connectivity index (χ2n) is 0.428. The van der Waals surface area contributed by atoms with E-state index in [1.165, 1.54) is 0 Å². The van der Waals surface area contributed by atoms with E-state index in [2.05, 4.69) is 0 Å². The van der Waals surface area contributed by atoms with Crippen molar-refractivity contribution in [3.8, 4) is 0 Å². The maximum absolute atomic E-state index is 8.63. The summed E-state index contributed by atoms with van der Waals surface area (Å²) in [4.78, 5) is 0. The van der Waals surface area contributed by atoms with Crippen molar-refractivity contribution in [1.82, 2.24) is 18.5 Å². The van der Waals surface area contributed by atoms with Gasteiger partial charge >= 0.3 is 29.6 Å². The monoisotopic (exact) mass is 243 g/mol. The first-order valence-corrected chi connectivity index (χ1v) is 2.05. The molecule has 0 aromatic carbocycles. The maximum atomic E-state index is 8.63. The van der Waals surface area contributed by atoms with Crippen LogP contribution in [0.1, 0.15) is 0 Å². The van der Waals surface area contributed by atoms with Gasteiger partial charge < -0.3 is 23.0 Å². The van der Waals surface area contributed by atoms with Gasteiger partial charge in [-0.15, -0.1) is 24.8 Å². The molecule has 0 atom stereocenters. The second-order valence-corrected chi connectivity index (χ2v) is 1.28. The van der Waals surface area contributed by atoms with Gasteiger partial charge in [0, 0.05) is 0 Å². The quantitative estimate of drug-likeness (QED) is 0.203. The fourth-order valence-electron chi connectivity index (χ4n) is 0. The number of hydrogen-bond donors (Lipinski definition) is 4. The normalized spacial score (nSPS) is 5.27. The molecule has 0 saturated carbocycles. The molecule has 72 valence electrons. The summed E-state index contributed by atoms with van der Waals surface area (Å²) in [6, 6.07) is 0. The average molecular weight is 244 g/mol. The molecule has 11 heavy (non-hydrogen) atoms. The number of hydrogen-bond acceptors (Lipinski definition) is 6. The molecule has 0 rings (SSSR count). The van der Waals surface area contributed by atoms with Crippen molar-refractivity contribution >= 4 is 35.2 Å². The third kappa shape index (κ3) is 558. The van der Waals surface area contributed by atoms with E-state index in [0.29, 0.717) is 0 Å². The van der Waals surface area contributed by atoms with Gasteiger partial charge in [0.05, 0.1) is 0 Å². The molecular formula is H12Cl2N3NaO4S. The van der Waals surface area contributed by atoms with Crippen LogP contribution in [0.4, 0.5) is 0 Å². The fourth-order valence-corrected chi connectivity index (χ4v) is 0. The smallest absolute Gasteiger partial charge is 0.726 e. The molecule has 0 unspecified atom stereocenters. The molecule has 0 fully saturated rings. The van der Waals surface area contributed by atoms with E-state index < -0.39 is 10.4 Å². The van der Waals surface area contributed by atoms with Gasteiger partial charge in [0.2, 0.25) is 10.4 Å². The molecule has 0 aliphatic heterocycles. The van der Waals surface area contributed by atoms with Crippen molar-refractivity contribution in [1.29, 1.82) is 0 Å². The van der Waals surface area contributed by atoms with Crippen LogP contribution in [0.2, 0.25) is 0 Å². The number of halogens is 2. The third-order valence-corrected chi connectivity index (χ3v) is 0. The van der Waals surface area contributed by atoms with Crippen molar-refractivity contribution in [3.05, 3.63) is 0 Å². The van der Waals surface area contributed by atoms with Gasteiger partial charge in [-0.2, -0.15) is 0 Å². The molecule has 0 aliphatic rings. The van der Waals surface area contributed by atoms with Crippen LogP contribution in [0.15, 0.2) is 0 Å². The van der Waals surface area contributed by atoms with Gasteiger partial charge in [-0.25, -0.2) is 8.42 Å². The van der Waals surface area contributed by atoms with E-state index in [1.807, 2.05) is 0 Å².